The lowest BCUT2D eigenvalue weighted by Gasteiger charge is -2.23. The van der Waals surface area contributed by atoms with Gasteiger partial charge in [0.2, 0.25) is 5.78 Å². The number of anilines is 1. The number of esters is 4. The lowest BCUT2D eigenvalue weighted by Crippen LogP contribution is -2.35. The molecule has 22 heteroatoms. The highest BCUT2D eigenvalue weighted by molar-refractivity contribution is 6.32. The Morgan fingerprint density at radius 2 is 0.816 bits per heavy atom. The maximum Gasteiger partial charge on any atom is 0.374 e. The lowest BCUT2D eigenvalue weighted by atomic mass is 10.2. The van der Waals surface area contributed by atoms with Gasteiger partial charge in [0.25, 0.3) is 0 Å². The van der Waals surface area contributed by atoms with Gasteiger partial charge in [-0.05, 0) is 128 Å². The van der Waals surface area contributed by atoms with Gasteiger partial charge in [0, 0.05) is 37.8 Å². The van der Waals surface area contributed by atoms with Gasteiger partial charge in [-0.15, -0.1) is 0 Å². The third-order valence-electron chi connectivity index (χ3n) is 9.74. The summed E-state index contributed by atoms with van der Waals surface area (Å²) in [6.45, 7) is 17.5. The summed E-state index contributed by atoms with van der Waals surface area (Å²) in [5, 5.41) is 40.5. The second kappa shape index (κ2) is 29.8. The van der Waals surface area contributed by atoms with Crippen molar-refractivity contribution in [2.75, 3.05) is 45.9 Å². The molecule has 0 saturated heterocycles. The molecule has 22 nitrogen and oxygen atoms in total. The Morgan fingerprint density at radius 1 is 0.487 bits per heavy atom. The summed E-state index contributed by atoms with van der Waals surface area (Å²) in [6.07, 6.45) is -1.03. The summed E-state index contributed by atoms with van der Waals surface area (Å²) in [5.41, 5.74) is 0.552. The molecule has 0 amide bonds. The van der Waals surface area contributed by atoms with Crippen molar-refractivity contribution in [3.63, 3.8) is 0 Å². The van der Waals surface area contributed by atoms with Gasteiger partial charge >= 0.3 is 23.9 Å². The fourth-order valence-corrected chi connectivity index (χ4v) is 6.63. The highest BCUT2D eigenvalue weighted by atomic mass is 16.6. The molecule has 0 aliphatic heterocycles. The minimum absolute atomic E-state index is 0.0156. The zero-order valence-corrected chi connectivity index (χ0v) is 45.0. The Labute approximate surface area is 440 Å². The summed E-state index contributed by atoms with van der Waals surface area (Å²) in [5.74, 6) is -5.21. The number of rotatable bonds is 19. The van der Waals surface area contributed by atoms with Gasteiger partial charge in [0.15, 0.2) is 46.0 Å². The van der Waals surface area contributed by atoms with Crippen LogP contribution in [0.3, 0.4) is 0 Å². The normalized spacial score (nSPS) is 10.3. The van der Waals surface area contributed by atoms with Crippen molar-refractivity contribution in [1.82, 2.24) is 9.13 Å². The third kappa shape index (κ3) is 18.0. The number of nitrogens with zero attached hydrogens (tertiary/aromatic N) is 3. The quantitative estimate of drug-likeness (QED) is 0.0269. The number of benzene rings is 3. The van der Waals surface area contributed by atoms with E-state index in [2.05, 4.69) is 4.74 Å². The van der Waals surface area contributed by atoms with E-state index < -0.39 is 70.5 Å². The summed E-state index contributed by atoms with van der Waals surface area (Å²) in [4.78, 5) is 93.5. The Hall–Kier alpha value is -8.82. The van der Waals surface area contributed by atoms with Crippen molar-refractivity contribution >= 4 is 52.7 Å². The van der Waals surface area contributed by atoms with Crippen LogP contribution in [-0.4, -0.2) is 136 Å². The molecule has 5 rings (SSSR count). The standard InChI is InChI=1S/2C17H19NO6.C15H21NO4.C5H8O3/c2*1-9(2)24-17(22)14-16(21)15(20)13(10(3)19)18(14)11-5-7-12(23-4)8-6-11;1-11(2)20-15(18)10-16(9-12(3)17)13-5-7-14(19-4)8-6-13;1-3-8-5(7)4(2)6/h2*5-9,20-21H,1-4H3;5-8,11H,9-10H2,1-4H3;3H2,1-2H3. The molecule has 0 spiro atoms. The fourth-order valence-electron chi connectivity index (χ4n) is 6.63. The van der Waals surface area contributed by atoms with Crippen molar-refractivity contribution in [3.05, 3.63) is 95.6 Å². The Morgan fingerprint density at radius 3 is 1.08 bits per heavy atom. The number of hydrogen-bond acceptors (Lipinski definition) is 20. The van der Waals surface area contributed by atoms with Gasteiger partial charge in [-0.2, -0.15) is 0 Å². The predicted octanol–water partition coefficient (Wildman–Crippen LogP) is 7.51. The van der Waals surface area contributed by atoms with E-state index in [1.165, 1.54) is 51.0 Å². The molecule has 0 saturated carbocycles. The van der Waals surface area contributed by atoms with Crippen LogP contribution in [0.5, 0.6) is 40.2 Å². The number of ether oxygens (including phenoxy) is 7. The molecular weight excluding hydrogens is 995 g/mol. The first-order chi connectivity index (χ1) is 35.6. The number of aromatic hydroxyl groups is 4. The highest BCUT2D eigenvalue weighted by Crippen LogP contribution is 2.40. The minimum Gasteiger partial charge on any atom is -0.503 e. The molecule has 0 unspecified atom stereocenters. The first-order valence-corrected chi connectivity index (χ1v) is 23.5. The second-order valence-electron chi connectivity index (χ2n) is 16.9. The van der Waals surface area contributed by atoms with E-state index in [4.69, 9.17) is 28.4 Å². The lowest BCUT2D eigenvalue weighted by molar-refractivity contribution is -0.152. The largest absolute Gasteiger partial charge is 0.503 e. The van der Waals surface area contributed by atoms with E-state index in [-0.39, 0.29) is 60.3 Å². The van der Waals surface area contributed by atoms with Crippen molar-refractivity contribution in [1.29, 1.82) is 0 Å². The van der Waals surface area contributed by atoms with Crippen LogP contribution >= 0.6 is 0 Å². The topological polar surface area (TPSA) is 295 Å². The van der Waals surface area contributed by atoms with Crippen molar-refractivity contribution in [3.8, 4) is 51.6 Å². The summed E-state index contributed by atoms with van der Waals surface area (Å²) < 4.78 is 37.2. The summed E-state index contributed by atoms with van der Waals surface area (Å²) in [7, 11) is 4.60. The van der Waals surface area contributed by atoms with E-state index in [9.17, 15) is 58.8 Å². The molecule has 3 aromatic carbocycles. The van der Waals surface area contributed by atoms with E-state index >= 15 is 0 Å². The monoisotopic (exact) mass is 1060 g/mol. The number of aromatic nitrogens is 2. The third-order valence-corrected chi connectivity index (χ3v) is 9.74. The maximum absolute atomic E-state index is 12.3. The van der Waals surface area contributed by atoms with Crippen LogP contribution < -0.4 is 19.1 Å². The Bertz CT molecular complexity index is 2670. The first kappa shape index (κ1) is 63.3. The van der Waals surface area contributed by atoms with Gasteiger partial charge in [0.05, 0.1) is 52.8 Å². The number of carbonyl (C=O) groups is 8. The van der Waals surface area contributed by atoms with Crippen LogP contribution in [0, 0.1) is 0 Å². The van der Waals surface area contributed by atoms with Crippen LogP contribution in [-0.2, 0) is 38.1 Å². The fraction of sp³-hybridized carbons (Fsp3) is 0.370. The second-order valence-corrected chi connectivity index (χ2v) is 16.9. The predicted molar refractivity (Wildman–Crippen MR) is 277 cm³/mol. The zero-order valence-electron chi connectivity index (χ0n) is 45.0. The van der Waals surface area contributed by atoms with Crippen LogP contribution in [0.2, 0.25) is 0 Å². The molecule has 2 heterocycles. The van der Waals surface area contributed by atoms with Crippen molar-refractivity contribution < 1.29 is 91.9 Å². The van der Waals surface area contributed by atoms with Gasteiger partial charge in [-0.1, -0.05) is 0 Å². The van der Waals surface area contributed by atoms with Gasteiger partial charge in [-0.3, -0.25) is 33.1 Å². The van der Waals surface area contributed by atoms with E-state index in [0.717, 1.165) is 11.4 Å². The van der Waals surface area contributed by atoms with E-state index in [1.807, 2.05) is 12.1 Å². The Balaban J connectivity index is 0.000000365. The molecule has 0 aliphatic rings. The SMILES string of the molecule is CCOC(=O)C(C)=O.COc1ccc(-n2c(C(C)=O)c(O)c(O)c2C(=O)OC(C)C)cc1.COc1ccc(-n2c(C(C)=O)c(O)c(O)c2C(=O)OC(C)C)cc1.COc1ccc(N(CC(C)=O)CC(=O)OC(C)C)cc1. The summed E-state index contributed by atoms with van der Waals surface area (Å²) in [6, 6.07) is 20.1. The molecule has 0 fully saturated rings. The molecule has 76 heavy (non-hydrogen) atoms. The molecule has 0 radical (unpaired) electrons. The minimum atomic E-state index is -0.846. The van der Waals surface area contributed by atoms with Gasteiger partial charge in [0.1, 0.15) is 41.0 Å². The molecular formula is C54H67N3O19. The number of ketones is 4. The number of methoxy groups -OCH3 is 3. The van der Waals surface area contributed by atoms with Crippen LogP contribution in [0.15, 0.2) is 72.8 Å². The van der Waals surface area contributed by atoms with E-state index in [1.54, 1.807) is 121 Å². The van der Waals surface area contributed by atoms with Gasteiger partial charge in [-0.25, -0.2) is 14.4 Å². The molecule has 0 bridgehead atoms. The molecule has 0 atom stereocenters. The number of carbonyl (C=O) groups excluding carboxylic acids is 8. The smallest absolute Gasteiger partial charge is 0.374 e. The Kier molecular flexibility index (Phi) is 24.8. The molecule has 5 aromatic rings. The number of hydrogen-bond donors (Lipinski definition) is 4. The van der Waals surface area contributed by atoms with Crippen molar-refractivity contribution in [2.24, 2.45) is 0 Å². The molecule has 4 N–H and O–H groups in total. The van der Waals surface area contributed by atoms with Crippen LogP contribution in [0.1, 0.15) is 118 Å². The zero-order chi connectivity index (χ0) is 57.7. The van der Waals surface area contributed by atoms with E-state index in [0.29, 0.717) is 22.9 Å². The van der Waals surface area contributed by atoms with Crippen molar-refractivity contribution in [2.45, 2.75) is 94.5 Å². The van der Waals surface area contributed by atoms with Crippen LogP contribution in [0.4, 0.5) is 5.69 Å². The average molecular weight is 1060 g/mol. The average Bonchev–Trinajstić information content (AvgIpc) is 3.78. The van der Waals surface area contributed by atoms with Gasteiger partial charge < -0.3 is 58.5 Å². The molecule has 412 valence electrons. The van der Waals surface area contributed by atoms with Crippen LogP contribution in [0.25, 0.3) is 11.4 Å². The summed E-state index contributed by atoms with van der Waals surface area (Å²) >= 11 is 0. The molecule has 2 aromatic heterocycles. The first-order valence-electron chi connectivity index (χ1n) is 23.5. The maximum atomic E-state index is 12.3. The highest BCUT2D eigenvalue weighted by Gasteiger charge is 2.33. The molecule has 0 aliphatic carbocycles. The number of Topliss-reactive ketones (excluding diaryl/α,β-unsaturated/α-hetero) is 4.